The second-order valence-corrected chi connectivity index (χ2v) is 13.0. The van der Waals surface area contributed by atoms with Gasteiger partial charge in [0, 0.05) is 28.3 Å². The molecule has 2 aliphatic carbocycles. The first-order chi connectivity index (χ1) is 22.8. The molecule has 47 heavy (non-hydrogen) atoms. The maximum atomic E-state index is 13.9. The number of benzene rings is 3. The first kappa shape index (κ1) is 30.5. The minimum absolute atomic E-state index is 0.106. The molecule has 4 aromatic rings. The predicted molar refractivity (Wildman–Crippen MR) is 182 cm³/mol. The van der Waals surface area contributed by atoms with Gasteiger partial charge in [0.1, 0.15) is 12.1 Å². The third-order valence-corrected chi connectivity index (χ3v) is 9.97. The first-order valence-electron chi connectivity index (χ1n) is 16.5. The topological polar surface area (TPSA) is 130 Å². The van der Waals surface area contributed by atoms with E-state index < -0.39 is 11.5 Å². The fourth-order valence-corrected chi connectivity index (χ4v) is 7.68. The summed E-state index contributed by atoms with van der Waals surface area (Å²) in [5.74, 6) is -1.37. The van der Waals surface area contributed by atoms with E-state index in [0.717, 1.165) is 59.6 Å². The third-order valence-electron chi connectivity index (χ3n) is 9.97. The molecule has 3 amide bonds. The number of carboxylic acids is 1. The quantitative estimate of drug-likeness (QED) is 0.162. The summed E-state index contributed by atoms with van der Waals surface area (Å²) in [6, 6.07) is 20.6. The second-order valence-electron chi connectivity index (χ2n) is 13.0. The number of nitrogens with zero attached hydrogens (tertiary/aromatic N) is 1. The van der Waals surface area contributed by atoms with Crippen LogP contribution in [0.1, 0.15) is 85.2 Å². The van der Waals surface area contributed by atoms with E-state index >= 15 is 0 Å². The maximum absolute atomic E-state index is 13.9. The van der Waals surface area contributed by atoms with Crippen LogP contribution < -0.4 is 16.0 Å². The van der Waals surface area contributed by atoms with Crippen molar-refractivity contribution < 1.29 is 24.3 Å². The number of fused-ring (bicyclic) bond motifs is 5. The lowest BCUT2D eigenvalue weighted by molar-refractivity contribution is -0.131. The van der Waals surface area contributed by atoms with Crippen LogP contribution in [-0.4, -0.2) is 38.9 Å². The molecule has 2 heterocycles. The number of amides is 3. The summed E-state index contributed by atoms with van der Waals surface area (Å²) in [6.45, 7) is 0.148. The molecule has 1 aliphatic heterocycles. The highest BCUT2D eigenvalue weighted by Gasteiger charge is 2.43. The van der Waals surface area contributed by atoms with E-state index in [1.807, 2.05) is 36.4 Å². The molecule has 9 heteroatoms. The van der Waals surface area contributed by atoms with Crippen LogP contribution in [0.15, 0.2) is 72.8 Å². The van der Waals surface area contributed by atoms with Crippen LogP contribution in [0.3, 0.4) is 0 Å². The highest BCUT2D eigenvalue weighted by atomic mass is 16.4. The molecule has 3 aliphatic rings. The number of aromatic nitrogens is 1. The second kappa shape index (κ2) is 12.5. The van der Waals surface area contributed by atoms with Crippen molar-refractivity contribution in [3.63, 3.8) is 0 Å². The Balaban J connectivity index is 1.21. The van der Waals surface area contributed by atoms with Crippen LogP contribution in [0.2, 0.25) is 0 Å². The Bertz CT molecular complexity index is 1910. The van der Waals surface area contributed by atoms with Gasteiger partial charge in [-0.3, -0.25) is 14.4 Å². The molecule has 0 atom stereocenters. The summed E-state index contributed by atoms with van der Waals surface area (Å²) < 4.78 is 2.07. The third kappa shape index (κ3) is 5.93. The fourth-order valence-electron chi connectivity index (χ4n) is 7.68. The number of hydrogen-bond donors (Lipinski definition) is 4. The van der Waals surface area contributed by atoms with Gasteiger partial charge in [0.25, 0.3) is 5.91 Å². The Morgan fingerprint density at radius 1 is 0.915 bits per heavy atom. The fraction of sp³-hybridized carbons (Fsp3) is 0.316. The smallest absolute Gasteiger partial charge is 0.328 e. The number of para-hydroxylation sites is 1. The highest BCUT2D eigenvalue weighted by Crippen LogP contribution is 2.46. The monoisotopic (exact) mass is 630 g/mol. The van der Waals surface area contributed by atoms with Crippen molar-refractivity contribution in [2.45, 2.75) is 75.8 Å². The predicted octanol–water partition coefficient (Wildman–Crippen LogP) is 7.09. The average molecular weight is 631 g/mol. The number of carboxylic acid groups (broad SMARTS) is 1. The number of aliphatic carboxylic acids is 1. The summed E-state index contributed by atoms with van der Waals surface area (Å²) in [5, 5.41) is 19.1. The minimum atomic E-state index is -1.06. The Kier molecular flexibility index (Phi) is 8.14. The van der Waals surface area contributed by atoms with Crippen molar-refractivity contribution in [2.24, 2.45) is 0 Å². The lowest BCUT2D eigenvalue weighted by Crippen LogP contribution is -2.55. The molecule has 240 valence electrons. The van der Waals surface area contributed by atoms with Gasteiger partial charge < -0.3 is 25.6 Å². The van der Waals surface area contributed by atoms with E-state index in [9.17, 15) is 19.2 Å². The van der Waals surface area contributed by atoms with E-state index in [1.165, 1.54) is 30.9 Å². The molecule has 7 rings (SSSR count). The summed E-state index contributed by atoms with van der Waals surface area (Å²) >= 11 is 0. The van der Waals surface area contributed by atoms with Crippen molar-refractivity contribution >= 4 is 52.0 Å². The lowest BCUT2D eigenvalue weighted by atomic mass is 9.81. The Labute approximate surface area is 273 Å². The first-order valence-corrected chi connectivity index (χ1v) is 16.5. The van der Waals surface area contributed by atoms with Crippen LogP contribution in [0, 0.1) is 0 Å². The van der Waals surface area contributed by atoms with E-state index in [1.54, 1.807) is 24.3 Å². The zero-order valence-electron chi connectivity index (χ0n) is 26.2. The molecule has 0 saturated heterocycles. The molecule has 3 aromatic carbocycles. The van der Waals surface area contributed by atoms with Crippen LogP contribution in [-0.2, 0) is 20.9 Å². The summed E-state index contributed by atoms with van der Waals surface area (Å²) in [5.41, 5.74) is 5.59. The number of anilines is 2. The SMILES string of the molecule is O=C(O)C=Cc1ccc(NC(=O)C2(NC(=O)c3ccc4c(C5CCCCC5)c5n(c4c3)CC(=O)Nc3ccccc3-5)CCCC2)cc1. The highest BCUT2D eigenvalue weighted by molar-refractivity contribution is 6.07. The van der Waals surface area contributed by atoms with Crippen molar-refractivity contribution in [3.8, 4) is 11.3 Å². The number of rotatable bonds is 7. The Hall–Kier alpha value is -5.18. The summed E-state index contributed by atoms with van der Waals surface area (Å²) in [7, 11) is 0. The normalized spacial score (nSPS) is 17.5. The zero-order valence-corrected chi connectivity index (χ0v) is 26.2. The van der Waals surface area contributed by atoms with Crippen LogP contribution >= 0.6 is 0 Å². The molecule has 0 unspecified atom stereocenters. The van der Waals surface area contributed by atoms with E-state index in [4.69, 9.17) is 5.11 Å². The molecule has 1 aromatic heterocycles. The lowest BCUT2D eigenvalue weighted by Gasteiger charge is -2.29. The number of carbonyl (C=O) groups is 4. The van der Waals surface area contributed by atoms with Crippen molar-refractivity contribution in [1.29, 1.82) is 0 Å². The van der Waals surface area contributed by atoms with Crippen molar-refractivity contribution in [2.75, 3.05) is 10.6 Å². The Morgan fingerprint density at radius 3 is 2.40 bits per heavy atom. The largest absolute Gasteiger partial charge is 0.478 e. The van der Waals surface area contributed by atoms with Crippen molar-refractivity contribution in [3.05, 3.63) is 89.5 Å². The molecule has 2 saturated carbocycles. The average Bonchev–Trinajstić information content (AvgIpc) is 3.64. The van der Waals surface area contributed by atoms with Crippen LogP contribution in [0.25, 0.3) is 28.2 Å². The molecule has 9 nitrogen and oxygen atoms in total. The van der Waals surface area contributed by atoms with Gasteiger partial charge in [-0.25, -0.2) is 4.79 Å². The summed E-state index contributed by atoms with van der Waals surface area (Å²) in [6.07, 6.45) is 11.0. The standard InChI is InChI=1S/C38H38N4O5/c43-32-23-42-31-22-26(15-18-29(31)34(25-8-2-1-3-9-25)35(42)28-10-4-5-11-30(28)40-32)36(46)41-38(20-6-7-21-38)37(47)39-27-16-12-24(13-17-27)14-19-33(44)45/h4-5,10-19,22,25H,1-3,6-9,20-21,23H2,(H,39,47)(H,40,43)(H,41,46)(H,44,45). The van der Waals surface area contributed by atoms with Gasteiger partial charge in [-0.2, -0.15) is 0 Å². The van der Waals surface area contributed by atoms with Gasteiger partial charge in [0.05, 0.1) is 16.9 Å². The molecular weight excluding hydrogens is 592 g/mol. The van der Waals surface area contributed by atoms with E-state index in [0.29, 0.717) is 35.6 Å². The Morgan fingerprint density at radius 2 is 1.66 bits per heavy atom. The summed E-state index contributed by atoms with van der Waals surface area (Å²) in [4.78, 5) is 51.6. The van der Waals surface area contributed by atoms with Crippen LogP contribution in [0.5, 0.6) is 0 Å². The minimum Gasteiger partial charge on any atom is -0.478 e. The molecule has 4 N–H and O–H groups in total. The van der Waals surface area contributed by atoms with Crippen LogP contribution in [0.4, 0.5) is 11.4 Å². The van der Waals surface area contributed by atoms with Gasteiger partial charge in [0.15, 0.2) is 0 Å². The number of hydrogen-bond acceptors (Lipinski definition) is 4. The zero-order chi connectivity index (χ0) is 32.5. The molecule has 0 radical (unpaired) electrons. The number of nitrogens with one attached hydrogen (secondary N) is 3. The van der Waals surface area contributed by atoms with Gasteiger partial charge in [-0.15, -0.1) is 0 Å². The molecule has 0 bridgehead atoms. The number of carbonyl (C=O) groups excluding carboxylic acids is 3. The van der Waals surface area contributed by atoms with E-state index in [-0.39, 0.29) is 24.3 Å². The van der Waals surface area contributed by atoms with Gasteiger partial charge in [-0.1, -0.05) is 68.5 Å². The van der Waals surface area contributed by atoms with Gasteiger partial charge in [0.2, 0.25) is 11.8 Å². The van der Waals surface area contributed by atoms with E-state index in [2.05, 4.69) is 26.6 Å². The van der Waals surface area contributed by atoms with Gasteiger partial charge in [-0.05, 0) is 79.1 Å². The molecule has 2 fully saturated rings. The maximum Gasteiger partial charge on any atom is 0.328 e. The van der Waals surface area contributed by atoms with Crippen molar-refractivity contribution in [1.82, 2.24) is 9.88 Å². The molecule has 0 spiro atoms. The van der Waals surface area contributed by atoms with Gasteiger partial charge >= 0.3 is 5.97 Å². The molecular formula is C38H38N4O5.